The summed E-state index contributed by atoms with van der Waals surface area (Å²) in [6, 6.07) is 63.5. The largest absolute Gasteiger partial charge is 0.457 e. The van der Waals surface area contributed by atoms with Gasteiger partial charge in [0.05, 0.1) is 28.1 Å². The van der Waals surface area contributed by atoms with Crippen molar-refractivity contribution in [2.75, 3.05) is 16.5 Å². The highest BCUT2D eigenvalue weighted by atomic mass is 19.1. The fourth-order valence-corrected chi connectivity index (χ4v) is 9.18. The van der Waals surface area contributed by atoms with Crippen molar-refractivity contribution in [3.8, 4) is 50.7 Å². The number of benzene rings is 8. The van der Waals surface area contributed by atoms with Gasteiger partial charge in [-0.2, -0.15) is 0 Å². The number of nitrogens with zero attached hydrogens (tertiary/aromatic N) is 4. The first kappa shape index (κ1) is 39.8. The highest BCUT2D eigenvalue weighted by Crippen LogP contribution is 2.51. The first-order valence-electron chi connectivity index (χ1n) is 21.8. The highest BCUT2D eigenvalue weighted by Gasteiger charge is 2.32. The van der Waals surface area contributed by atoms with E-state index in [4.69, 9.17) is 9.72 Å². The van der Waals surface area contributed by atoms with Gasteiger partial charge in [0.2, 0.25) is 0 Å². The van der Waals surface area contributed by atoms with E-state index in [2.05, 4.69) is 144 Å². The first-order valence-corrected chi connectivity index (χ1v) is 21.8. The smallest absolute Gasteiger partial charge is 0.137 e. The van der Waals surface area contributed by atoms with E-state index in [9.17, 15) is 8.78 Å². The lowest BCUT2D eigenvalue weighted by molar-refractivity contribution is 0.483. The normalized spacial score (nSPS) is 12.6. The molecule has 2 aromatic heterocycles. The molecule has 5 nitrogen and oxygen atoms in total. The monoisotopic (exact) mass is 850 g/mol. The fourth-order valence-electron chi connectivity index (χ4n) is 9.18. The second kappa shape index (κ2) is 16.0. The Morgan fingerprint density at radius 2 is 1.12 bits per heavy atom. The molecule has 65 heavy (non-hydrogen) atoms. The molecule has 1 aliphatic heterocycles. The number of halogens is 2. The van der Waals surface area contributed by atoms with Crippen LogP contribution in [0.4, 0.5) is 31.5 Å². The van der Waals surface area contributed by atoms with E-state index in [1.807, 2.05) is 66.9 Å². The average Bonchev–Trinajstić information content (AvgIpc) is 3.88. The van der Waals surface area contributed by atoms with Crippen molar-refractivity contribution in [1.29, 1.82) is 0 Å². The maximum Gasteiger partial charge on any atom is 0.137 e. The molecule has 0 radical (unpaired) electrons. The minimum Gasteiger partial charge on any atom is -0.457 e. The van der Waals surface area contributed by atoms with Crippen LogP contribution in [0.2, 0.25) is 0 Å². The van der Waals surface area contributed by atoms with Gasteiger partial charge in [-0.3, -0.25) is 4.57 Å². The second-order valence-electron chi connectivity index (χ2n) is 17.6. The number of para-hydroxylation sites is 4. The molecule has 0 fully saturated rings. The maximum atomic E-state index is 14.3. The van der Waals surface area contributed by atoms with E-state index in [1.165, 1.54) is 29.8 Å². The minimum atomic E-state index is -0.302. The quantitative estimate of drug-likeness (QED) is 0.152. The summed E-state index contributed by atoms with van der Waals surface area (Å²) in [4.78, 5) is 9.50. The minimum absolute atomic E-state index is 0.0457. The van der Waals surface area contributed by atoms with E-state index < -0.39 is 0 Å². The Labute approximate surface area is 377 Å². The zero-order valence-corrected chi connectivity index (χ0v) is 36.2. The number of aromatic nitrogens is 2. The standard InChI is InChI=1S/C58H44F2N4O/c1-58(2,3)42-30-31-61-56(34-42)64-52-17-8-7-14-50(52)51-29-28-46(36-55(51)64)65-47-33-41(38-12-5-4-6-13-38)32-45(35-47)62-37-63(54-19-10-9-18-53(54)62)57-48(39-20-24-43(59)25-21-39)15-11-16-49(57)40-22-26-44(60)27-23-40/h4-36H,37H2,1-3H3. The van der Waals surface area contributed by atoms with Gasteiger partial charge in [0.1, 0.15) is 35.6 Å². The molecule has 0 N–H and O–H groups in total. The molecule has 8 aromatic carbocycles. The lowest BCUT2D eigenvalue weighted by atomic mass is 9.88. The summed E-state index contributed by atoms with van der Waals surface area (Å²) in [6.07, 6.45) is 1.90. The predicted octanol–water partition coefficient (Wildman–Crippen LogP) is 15.8. The topological polar surface area (TPSA) is 33.5 Å². The number of hydrogen-bond acceptors (Lipinski definition) is 4. The van der Waals surface area contributed by atoms with Gasteiger partial charge in [0.15, 0.2) is 0 Å². The van der Waals surface area contributed by atoms with Gasteiger partial charge in [0, 0.05) is 45.9 Å². The molecular formula is C58H44F2N4O. The average molecular weight is 851 g/mol. The Morgan fingerprint density at radius 3 is 1.82 bits per heavy atom. The van der Waals surface area contributed by atoms with Gasteiger partial charge in [0.25, 0.3) is 0 Å². The Balaban J connectivity index is 1.04. The molecule has 0 bridgehead atoms. The maximum absolute atomic E-state index is 14.3. The molecule has 1 aliphatic rings. The van der Waals surface area contributed by atoms with E-state index >= 15 is 0 Å². The van der Waals surface area contributed by atoms with Gasteiger partial charge >= 0.3 is 0 Å². The van der Waals surface area contributed by atoms with Crippen molar-refractivity contribution in [3.05, 3.63) is 218 Å². The van der Waals surface area contributed by atoms with E-state index in [0.29, 0.717) is 18.2 Å². The molecule has 7 heteroatoms. The Morgan fingerprint density at radius 1 is 0.492 bits per heavy atom. The lowest BCUT2D eigenvalue weighted by Gasteiger charge is -2.27. The van der Waals surface area contributed by atoms with Gasteiger partial charge in [-0.05, 0) is 112 Å². The summed E-state index contributed by atoms with van der Waals surface area (Å²) in [6.45, 7) is 7.12. The Kier molecular flexibility index (Phi) is 9.76. The van der Waals surface area contributed by atoms with Crippen LogP contribution in [0.3, 0.4) is 0 Å². The number of rotatable bonds is 8. The van der Waals surface area contributed by atoms with Gasteiger partial charge in [-0.15, -0.1) is 0 Å². The summed E-state index contributed by atoms with van der Waals surface area (Å²) in [7, 11) is 0. The fraction of sp³-hybridized carbons (Fsp3) is 0.0862. The zero-order chi connectivity index (χ0) is 44.2. The molecule has 10 aromatic rings. The van der Waals surface area contributed by atoms with Crippen molar-refractivity contribution in [1.82, 2.24) is 9.55 Å². The molecule has 0 unspecified atom stereocenters. The molecule has 3 heterocycles. The molecule has 11 rings (SSSR count). The molecule has 0 aliphatic carbocycles. The number of pyridine rings is 1. The summed E-state index contributed by atoms with van der Waals surface area (Å²) in [5.74, 6) is 1.64. The molecule has 0 saturated heterocycles. The summed E-state index contributed by atoms with van der Waals surface area (Å²) in [5.41, 5.74) is 12.8. The van der Waals surface area contributed by atoms with Gasteiger partial charge < -0.3 is 14.5 Å². The van der Waals surface area contributed by atoms with Crippen LogP contribution >= 0.6 is 0 Å². The van der Waals surface area contributed by atoms with E-state index in [1.54, 1.807) is 0 Å². The number of ether oxygens (including phenoxy) is 1. The van der Waals surface area contributed by atoms with Crippen molar-refractivity contribution in [2.24, 2.45) is 0 Å². The van der Waals surface area contributed by atoms with Crippen molar-refractivity contribution < 1.29 is 13.5 Å². The molecule has 0 atom stereocenters. The van der Waals surface area contributed by atoms with Crippen molar-refractivity contribution >= 4 is 44.6 Å². The van der Waals surface area contributed by atoms with E-state index in [0.717, 1.165) is 83.8 Å². The Hall–Kier alpha value is -8.03. The third kappa shape index (κ3) is 7.35. The lowest BCUT2D eigenvalue weighted by Crippen LogP contribution is -2.25. The summed E-state index contributed by atoms with van der Waals surface area (Å²) in [5, 5.41) is 2.26. The van der Waals surface area contributed by atoms with Crippen molar-refractivity contribution in [2.45, 2.75) is 26.2 Å². The van der Waals surface area contributed by atoms with Crippen molar-refractivity contribution in [3.63, 3.8) is 0 Å². The summed E-state index contributed by atoms with van der Waals surface area (Å²) >= 11 is 0. The van der Waals surface area contributed by atoms with Gasteiger partial charge in [-0.25, -0.2) is 13.8 Å². The van der Waals surface area contributed by atoms with Crippen LogP contribution < -0.4 is 14.5 Å². The molecule has 0 spiro atoms. The zero-order valence-electron chi connectivity index (χ0n) is 36.2. The third-order valence-electron chi connectivity index (χ3n) is 12.4. The molecular weight excluding hydrogens is 807 g/mol. The molecule has 0 saturated carbocycles. The van der Waals surface area contributed by atoms with Crippen LogP contribution in [-0.2, 0) is 5.41 Å². The van der Waals surface area contributed by atoms with Crippen LogP contribution in [-0.4, -0.2) is 16.2 Å². The van der Waals surface area contributed by atoms with Crippen LogP contribution in [0, 0.1) is 11.6 Å². The number of anilines is 4. The Bertz CT molecular complexity index is 3330. The number of fused-ring (bicyclic) bond motifs is 4. The second-order valence-corrected chi connectivity index (χ2v) is 17.6. The predicted molar refractivity (Wildman–Crippen MR) is 262 cm³/mol. The first-order chi connectivity index (χ1) is 31.7. The van der Waals surface area contributed by atoms with Crippen LogP contribution in [0.15, 0.2) is 200 Å². The molecule has 0 amide bonds. The van der Waals surface area contributed by atoms with Crippen LogP contribution in [0.5, 0.6) is 11.5 Å². The third-order valence-corrected chi connectivity index (χ3v) is 12.4. The number of hydrogen-bond donors (Lipinski definition) is 0. The van der Waals surface area contributed by atoms with Crippen LogP contribution in [0.25, 0.3) is 61.0 Å². The van der Waals surface area contributed by atoms with Gasteiger partial charge in [-0.1, -0.05) is 124 Å². The van der Waals surface area contributed by atoms with Crippen LogP contribution in [0.1, 0.15) is 26.3 Å². The molecule has 316 valence electrons. The van der Waals surface area contributed by atoms with E-state index in [-0.39, 0.29) is 17.0 Å². The SMILES string of the molecule is CC(C)(C)c1ccnc(-n2c3ccccc3c3ccc(Oc4cc(-c5ccccc5)cc(N5CN(c6c(-c7ccc(F)cc7)cccc6-c6ccc(F)cc6)c6ccccc65)c4)cc32)c1. The highest BCUT2D eigenvalue weighted by molar-refractivity contribution is 6.09. The summed E-state index contributed by atoms with van der Waals surface area (Å²) < 4.78 is 37.8.